The average Bonchev–Trinajstić information content (AvgIpc) is 2.28. The van der Waals surface area contributed by atoms with Crippen LogP contribution in [-0.4, -0.2) is 25.5 Å². The first-order valence-corrected chi connectivity index (χ1v) is 5.59. The van der Waals surface area contributed by atoms with Crippen molar-refractivity contribution in [1.82, 2.24) is 10.6 Å². The van der Waals surface area contributed by atoms with Crippen LogP contribution in [0.2, 0.25) is 0 Å². The fraction of sp³-hybridized carbons (Fsp3) is 0.583. The van der Waals surface area contributed by atoms with E-state index >= 15 is 0 Å². The van der Waals surface area contributed by atoms with Crippen molar-refractivity contribution >= 4 is 5.91 Å². The number of nitrogens with one attached hydrogen (secondary N) is 2. The maximum absolute atomic E-state index is 11.3. The first kappa shape index (κ1) is 12.0. The highest BCUT2D eigenvalue weighted by Crippen LogP contribution is 2.07. The second-order valence-electron chi connectivity index (χ2n) is 3.74. The lowest BCUT2D eigenvalue weighted by Crippen LogP contribution is -2.26. The van der Waals surface area contributed by atoms with Gasteiger partial charge in [0.2, 0.25) is 5.91 Å². The van der Waals surface area contributed by atoms with E-state index in [9.17, 15) is 4.79 Å². The Bertz CT molecular complexity index is 246. The molecule has 0 spiro atoms. The summed E-state index contributed by atoms with van der Waals surface area (Å²) in [5.74, 6) is 0.129. The van der Waals surface area contributed by atoms with Gasteiger partial charge in [-0.3, -0.25) is 4.79 Å². The van der Waals surface area contributed by atoms with Crippen molar-refractivity contribution in [2.24, 2.45) is 0 Å². The molecule has 0 saturated heterocycles. The molecule has 0 radical (unpaired) electrons. The molecule has 0 unspecified atom stereocenters. The Hall–Kier alpha value is -1.09. The topological polar surface area (TPSA) is 41.1 Å². The van der Waals surface area contributed by atoms with Gasteiger partial charge >= 0.3 is 0 Å². The van der Waals surface area contributed by atoms with Gasteiger partial charge in [-0.2, -0.15) is 0 Å². The normalized spacial score (nSPS) is 15.6. The SMILES string of the molecule is C=CCCC(=O)NCCC1=CCNCC1. The summed E-state index contributed by atoms with van der Waals surface area (Å²) in [6.45, 7) is 6.39. The number of rotatable bonds is 6. The van der Waals surface area contributed by atoms with Crippen molar-refractivity contribution in [3.63, 3.8) is 0 Å². The number of carbonyl (C=O) groups is 1. The smallest absolute Gasteiger partial charge is 0.220 e. The van der Waals surface area contributed by atoms with E-state index in [0.717, 1.165) is 38.9 Å². The van der Waals surface area contributed by atoms with Crippen molar-refractivity contribution in [1.29, 1.82) is 0 Å². The zero-order valence-corrected chi connectivity index (χ0v) is 9.22. The Morgan fingerprint density at radius 2 is 2.53 bits per heavy atom. The quantitative estimate of drug-likeness (QED) is 0.647. The van der Waals surface area contributed by atoms with E-state index in [-0.39, 0.29) is 5.91 Å². The van der Waals surface area contributed by atoms with Crippen LogP contribution >= 0.6 is 0 Å². The van der Waals surface area contributed by atoms with Gasteiger partial charge in [0.1, 0.15) is 0 Å². The first-order valence-electron chi connectivity index (χ1n) is 5.59. The highest BCUT2D eigenvalue weighted by atomic mass is 16.1. The Morgan fingerprint density at radius 1 is 1.67 bits per heavy atom. The van der Waals surface area contributed by atoms with Crippen LogP contribution in [0.15, 0.2) is 24.3 Å². The lowest BCUT2D eigenvalue weighted by atomic mass is 10.1. The minimum atomic E-state index is 0.129. The molecule has 0 aromatic heterocycles. The van der Waals surface area contributed by atoms with Gasteiger partial charge in [0.25, 0.3) is 0 Å². The number of hydrogen-bond donors (Lipinski definition) is 2. The highest BCUT2D eigenvalue weighted by molar-refractivity contribution is 5.75. The minimum absolute atomic E-state index is 0.129. The summed E-state index contributed by atoms with van der Waals surface area (Å²) < 4.78 is 0. The monoisotopic (exact) mass is 208 g/mol. The van der Waals surface area contributed by atoms with Gasteiger partial charge in [-0.15, -0.1) is 6.58 Å². The third-order valence-corrected chi connectivity index (χ3v) is 2.50. The molecule has 3 nitrogen and oxygen atoms in total. The minimum Gasteiger partial charge on any atom is -0.356 e. The van der Waals surface area contributed by atoms with E-state index < -0.39 is 0 Å². The van der Waals surface area contributed by atoms with Crippen LogP contribution < -0.4 is 10.6 Å². The summed E-state index contributed by atoms with van der Waals surface area (Å²) in [7, 11) is 0. The molecular formula is C12H20N2O. The van der Waals surface area contributed by atoms with Crippen LogP contribution in [0.3, 0.4) is 0 Å². The number of amides is 1. The van der Waals surface area contributed by atoms with E-state index in [1.54, 1.807) is 6.08 Å². The molecule has 0 aromatic carbocycles. The molecule has 1 rings (SSSR count). The second kappa shape index (κ2) is 7.23. The van der Waals surface area contributed by atoms with Crippen LogP contribution in [-0.2, 0) is 4.79 Å². The lowest BCUT2D eigenvalue weighted by Gasteiger charge is -2.14. The Labute approximate surface area is 91.6 Å². The molecule has 1 amide bonds. The first-order chi connectivity index (χ1) is 7.33. The molecule has 1 aliphatic rings. The van der Waals surface area contributed by atoms with E-state index in [1.165, 1.54) is 5.57 Å². The zero-order chi connectivity index (χ0) is 10.9. The van der Waals surface area contributed by atoms with Gasteiger partial charge in [0, 0.05) is 19.5 Å². The van der Waals surface area contributed by atoms with E-state index in [4.69, 9.17) is 0 Å². The van der Waals surface area contributed by atoms with Crippen LogP contribution in [0.1, 0.15) is 25.7 Å². The fourth-order valence-electron chi connectivity index (χ4n) is 1.58. The predicted octanol–water partition coefficient (Wildman–Crippen LogP) is 1.38. The standard InChI is InChI=1S/C12H20N2O/c1-2-3-4-12(15)14-10-7-11-5-8-13-9-6-11/h2,5,13H,1,3-4,6-10H2,(H,14,15). The van der Waals surface area contributed by atoms with Gasteiger partial charge in [-0.05, 0) is 25.8 Å². The highest BCUT2D eigenvalue weighted by Gasteiger charge is 2.03. The molecule has 84 valence electrons. The molecule has 0 atom stereocenters. The molecule has 3 heteroatoms. The number of allylic oxidation sites excluding steroid dienone is 1. The zero-order valence-electron chi connectivity index (χ0n) is 9.22. The summed E-state index contributed by atoms with van der Waals surface area (Å²) in [5.41, 5.74) is 1.46. The third-order valence-electron chi connectivity index (χ3n) is 2.50. The average molecular weight is 208 g/mol. The van der Waals surface area contributed by atoms with Gasteiger partial charge in [0.15, 0.2) is 0 Å². The molecule has 2 N–H and O–H groups in total. The second-order valence-corrected chi connectivity index (χ2v) is 3.74. The van der Waals surface area contributed by atoms with Crippen LogP contribution in [0.5, 0.6) is 0 Å². The summed E-state index contributed by atoms with van der Waals surface area (Å²) in [4.78, 5) is 11.3. The summed E-state index contributed by atoms with van der Waals surface area (Å²) in [5, 5.41) is 6.18. The van der Waals surface area contributed by atoms with E-state index in [2.05, 4.69) is 23.3 Å². The Balaban J connectivity index is 2.07. The van der Waals surface area contributed by atoms with Crippen molar-refractivity contribution in [3.05, 3.63) is 24.3 Å². The Morgan fingerprint density at radius 3 is 3.20 bits per heavy atom. The fourth-order valence-corrected chi connectivity index (χ4v) is 1.58. The maximum Gasteiger partial charge on any atom is 0.220 e. The molecule has 0 bridgehead atoms. The molecule has 0 saturated carbocycles. The van der Waals surface area contributed by atoms with Gasteiger partial charge in [-0.25, -0.2) is 0 Å². The number of hydrogen-bond acceptors (Lipinski definition) is 2. The molecule has 0 aromatic rings. The van der Waals surface area contributed by atoms with Crippen LogP contribution in [0.25, 0.3) is 0 Å². The van der Waals surface area contributed by atoms with E-state index in [0.29, 0.717) is 6.42 Å². The molecule has 1 aliphatic heterocycles. The van der Waals surface area contributed by atoms with Crippen LogP contribution in [0.4, 0.5) is 0 Å². The summed E-state index contributed by atoms with van der Waals surface area (Å²) >= 11 is 0. The molecular weight excluding hydrogens is 188 g/mol. The molecule has 15 heavy (non-hydrogen) atoms. The third kappa shape index (κ3) is 5.37. The van der Waals surface area contributed by atoms with Crippen molar-refractivity contribution in [2.45, 2.75) is 25.7 Å². The van der Waals surface area contributed by atoms with Crippen molar-refractivity contribution in [3.8, 4) is 0 Å². The van der Waals surface area contributed by atoms with Gasteiger partial charge in [0.05, 0.1) is 0 Å². The van der Waals surface area contributed by atoms with Crippen LogP contribution in [0, 0.1) is 0 Å². The lowest BCUT2D eigenvalue weighted by molar-refractivity contribution is -0.120. The van der Waals surface area contributed by atoms with Crippen molar-refractivity contribution < 1.29 is 4.79 Å². The largest absolute Gasteiger partial charge is 0.356 e. The van der Waals surface area contributed by atoms with Gasteiger partial charge in [-0.1, -0.05) is 17.7 Å². The van der Waals surface area contributed by atoms with Gasteiger partial charge < -0.3 is 10.6 Å². The molecule has 0 aliphatic carbocycles. The van der Waals surface area contributed by atoms with E-state index in [1.807, 2.05) is 0 Å². The predicted molar refractivity (Wildman–Crippen MR) is 62.6 cm³/mol. The molecule has 0 fully saturated rings. The Kier molecular flexibility index (Phi) is 5.78. The number of carbonyl (C=O) groups excluding carboxylic acids is 1. The maximum atomic E-state index is 11.3. The summed E-state index contributed by atoms with van der Waals surface area (Å²) in [6.07, 6.45) is 7.42. The molecule has 1 heterocycles. The van der Waals surface area contributed by atoms with Crippen molar-refractivity contribution in [2.75, 3.05) is 19.6 Å². The summed E-state index contributed by atoms with van der Waals surface area (Å²) in [6, 6.07) is 0.